The van der Waals surface area contributed by atoms with Crippen LogP contribution in [0.5, 0.6) is 0 Å². The molecule has 36 heavy (non-hydrogen) atoms. The van der Waals surface area contributed by atoms with E-state index < -0.39 is 27.0 Å². The van der Waals surface area contributed by atoms with Crippen LogP contribution in [-0.4, -0.2) is 52.4 Å². The van der Waals surface area contributed by atoms with Crippen LogP contribution in [0.25, 0.3) is 11.1 Å². The first kappa shape index (κ1) is 24.1. The van der Waals surface area contributed by atoms with Gasteiger partial charge in [0.1, 0.15) is 6.61 Å². The molecule has 0 bridgehead atoms. The first-order valence-electron chi connectivity index (χ1n) is 11.9. The van der Waals surface area contributed by atoms with Crippen LogP contribution in [0.4, 0.5) is 5.69 Å². The van der Waals surface area contributed by atoms with E-state index in [1.165, 1.54) is 19.2 Å². The molecule has 1 heterocycles. The van der Waals surface area contributed by atoms with E-state index in [1.807, 2.05) is 36.1 Å². The Balaban J connectivity index is 1.39. The summed E-state index contributed by atoms with van der Waals surface area (Å²) >= 11 is 0. The van der Waals surface area contributed by atoms with Gasteiger partial charge < -0.3 is 14.4 Å². The molecule has 0 radical (unpaired) electrons. The van der Waals surface area contributed by atoms with E-state index in [0.717, 1.165) is 22.3 Å². The van der Waals surface area contributed by atoms with Crippen LogP contribution >= 0.6 is 0 Å². The number of ether oxygens (including phenoxy) is 2. The molecule has 0 saturated heterocycles. The summed E-state index contributed by atoms with van der Waals surface area (Å²) in [4.78, 5) is 26.8. The Morgan fingerprint density at radius 2 is 1.61 bits per heavy atom. The maximum absolute atomic E-state index is 13.2. The van der Waals surface area contributed by atoms with Crippen molar-refractivity contribution in [1.29, 1.82) is 0 Å². The SMILES string of the molecule is CCN1CC(CC(=O)OC)S(=O)(=O)c2ccc(C(=O)OCC3c4ccccc4-c4ccccc43)cc21. The standard InChI is InChI=1S/C28H27NO6S/c1-3-29-16-19(15-27(30)34-2)36(32,33)26-13-12-18(14-25(26)29)28(31)35-17-24-22-10-6-4-8-20(22)21-9-5-7-11-23(21)24/h4-14,19,24H,3,15-17H2,1-2H3. The Hall–Kier alpha value is -3.65. The van der Waals surface area contributed by atoms with Gasteiger partial charge in [-0.25, -0.2) is 13.2 Å². The predicted molar refractivity (Wildman–Crippen MR) is 136 cm³/mol. The van der Waals surface area contributed by atoms with Gasteiger partial charge in [-0.3, -0.25) is 4.79 Å². The van der Waals surface area contributed by atoms with Gasteiger partial charge in [0.25, 0.3) is 0 Å². The highest BCUT2D eigenvalue weighted by molar-refractivity contribution is 7.92. The molecule has 3 aromatic rings. The molecule has 5 rings (SSSR count). The first-order valence-corrected chi connectivity index (χ1v) is 13.4. The molecule has 1 atom stereocenters. The van der Waals surface area contributed by atoms with E-state index >= 15 is 0 Å². The van der Waals surface area contributed by atoms with E-state index in [-0.39, 0.29) is 35.9 Å². The number of fused-ring (bicyclic) bond motifs is 4. The molecule has 0 spiro atoms. The monoisotopic (exact) mass is 505 g/mol. The van der Waals surface area contributed by atoms with Crippen LogP contribution in [0.2, 0.25) is 0 Å². The van der Waals surface area contributed by atoms with Gasteiger partial charge in [-0.2, -0.15) is 0 Å². The maximum Gasteiger partial charge on any atom is 0.338 e. The minimum atomic E-state index is -3.76. The zero-order valence-corrected chi connectivity index (χ0v) is 21.0. The summed E-state index contributed by atoms with van der Waals surface area (Å²) in [6.07, 6.45) is -0.219. The molecule has 2 aliphatic rings. The summed E-state index contributed by atoms with van der Waals surface area (Å²) in [6.45, 7) is 2.75. The van der Waals surface area contributed by atoms with E-state index in [9.17, 15) is 18.0 Å². The third-order valence-electron chi connectivity index (χ3n) is 7.05. The van der Waals surface area contributed by atoms with E-state index in [4.69, 9.17) is 4.74 Å². The molecule has 0 saturated carbocycles. The molecule has 1 aliphatic carbocycles. The normalized spacial score (nSPS) is 17.6. The zero-order valence-electron chi connectivity index (χ0n) is 20.1. The minimum absolute atomic E-state index is 0.0643. The molecule has 0 fully saturated rings. The third-order valence-corrected chi connectivity index (χ3v) is 9.20. The Labute approximate surface area is 210 Å². The van der Waals surface area contributed by atoms with E-state index in [0.29, 0.717) is 12.2 Å². The molecular formula is C28H27NO6S. The lowest BCUT2D eigenvalue weighted by Gasteiger charge is -2.35. The Morgan fingerprint density at radius 3 is 2.22 bits per heavy atom. The summed E-state index contributed by atoms with van der Waals surface area (Å²) in [6, 6.07) is 20.7. The van der Waals surface area contributed by atoms with Crippen LogP contribution in [0.3, 0.4) is 0 Å². The van der Waals surface area contributed by atoms with Crippen LogP contribution in [0.15, 0.2) is 71.6 Å². The number of rotatable bonds is 6. The van der Waals surface area contributed by atoms with Crippen LogP contribution in [0, 0.1) is 0 Å². The van der Waals surface area contributed by atoms with E-state index in [1.54, 1.807) is 6.07 Å². The van der Waals surface area contributed by atoms with Crippen molar-refractivity contribution < 1.29 is 27.5 Å². The average Bonchev–Trinajstić information content (AvgIpc) is 3.22. The van der Waals surface area contributed by atoms with Gasteiger partial charge in [-0.15, -0.1) is 0 Å². The quantitative estimate of drug-likeness (QED) is 0.464. The van der Waals surface area contributed by atoms with E-state index in [2.05, 4.69) is 29.0 Å². The number of hydrogen-bond donors (Lipinski definition) is 0. The van der Waals surface area contributed by atoms with Gasteiger partial charge in [0.15, 0.2) is 9.84 Å². The van der Waals surface area contributed by atoms with Crippen LogP contribution < -0.4 is 4.90 Å². The van der Waals surface area contributed by atoms with Gasteiger partial charge in [0.2, 0.25) is 0 Å². The Morgan fingerprint density at radius 1 is 0.972 bits per heavy atom. The van der Waals surface area contributed by atoms with Crippen LogP contribution in [-0.2, 0) is 24.1 Å². The topological polar surface area (TPSA) is 90.0 Å². The molecule has 0 N–H and O–H groups in total. The van der Waals surface area contributed by atoms with Crippen LogP contribution in [0.1, 0.15) is 40.7 Å². The number of carbonyl (C=O) groups excluding carboxylic acids is 2. The summed E-state index contributed by atoms with van der Waals surface area (Å²) < 4.78 is 36.8. The van der Waals surface area contributed by atoms with Crippen molar-refractivity contribution in [1.82, 2.24) is 0 Å². The smallest absolute Gasteiger partial charge is 0.338 e. The number of esters is 2. The summed E-state index contributed by atoms with van der Waals surface area (Å²) in [5, 5.41) is -0.905. The fourth-order valence-electron chi connectivity index (χ4n) is 5.18. The molecule has 8 heteroatoms. The lowest BCUT2D eigenvalue weighted by atomic mass is 9.98. The molecule has 0 amide bonds. The van der Waals surface area contributed by atoms with Crippen molar-refractivity contribution in [2.75, 3.05) is 31.7 Å². The van der Waals surface area contributed by atoms with Crippen molar-refractivity contribution in [2.24, 2.45) is 0 Å². The average molecular weight is 506 g/mol. The molecular weight excluding hydrogens is 478 g/mol. The first-order chi connectivity index (χ1) is 17.3. The fraction of sp³-hybridized carbons (Fsp3) is 0.286. The maximum atomic E-state index is 13.2. The predicted octanol–water partition coefficient (Wildman–Crippen LogP) is 4.20. The highest BCUT2D eigenvalue weighted by Crippen LogP contribution is 2.44. The van der Waals surface area contributed by atoms with Gasteiger partial charge in [0, 0.05) is 19.0 Å². The molecule has 1 unspecified atom stereocenters. The second-order valence-electron chi connectivity index (χ2n) is 8.99. The van der Waals surface area contributed by atoms with Gasteiger partial charge in [-0.1, -0.05) is 48.5 Å². The second kappa shape index (κ2) is 9.43. The van der Waals surface area contributed by atoms with Crippen molar-refractivity contribution in [3.63, 3.8) is 0 Å². The molecule has 7 nitrogen and oxygen atoms in total. The molecule has 3 aromatic carbocycles. The highest BCUT2D eigenvalue weighted by Gasteiger charge is 2.39. The summed E-state index contributed by atoms with van der Waals surface area (Å²) in [5.74, 6) is -1.14. The number of nitrogens with zero attached hydrogens (tertiary/aromatic N) is 1. The fourth-order valence-corrected chi connectivity index (χ4v) is 7.01. The lowest BCUT2D eigenvalue weighted by Crippen LogP contribution is -2.43. The Bertz CT molecular complexity index is 1400. The molecule has 0 aromatic heterocycles. The lowest BCUT2D eigenvalue weighted by molar-refractivity contribution is -0.140. The number of hydrogen-bond acceptors (Lipinski definition) is 7. The number of carbonyl (C=O) groups is 2. The number of anilines is 1. The second-order valence-corrected chi connectivity index (χ2v) is 11.2. The number of methoxy groups -OCH3 is 1. The Kier molecular flexibility index (Phi) is 6.30. The number of benzene rings is 3. The van der Waals surface area contributed by atoms with Crippen molar-refractivity contribution >= 4 is 27.5 Å². The zero-order chi connectivity index (χ0) is 25.4. The third kappa shape index (κ3) is 4.05. The number of sulfone groups is 1. The van der Waals surface area contributed by atoms with Crippen molar-refractivity contribution in [3.05, 3.63) is 83.4 Å². The molecule has 1 aliphatic heterocycles. The summed E-state index contributed by atoms with van der Waals surface area (Å²) in [7, 11) is -2.52. The van der Waals surface area contributed by atoms with Crippen molar-refractivity contribution in [3.8, 4) is 11.1 Å². The summed E-state index contributed by atoms with van der Waals surface area (Å²) in [5.41, 5.74) is 5.27. The van der Waals surface area contributed by atoms with Gasteiger partial charge in [0.05, 0.1) is 34.9 Å². The van der Waals surface area contributed by atoms with Gasteiger partial charge in [-0.05, 0) is 47.4 Å². The van der Waals surface area contributed by atoms with Crippen molar-refractivity contribution in [2.45, 2.75) is 29.4 Å². The molecule has 186 valence electrons. The highest BCUT2D eigenvalue weighted by atomic mass is 32.2. The van der Waals surface area contributed by atoms with Gasteiger partial charge >= 0.3 is 11.9 Å². The largest absolute Gasteiger partial charge is 0.469 e. The minimum Gasteiger partial charge on any atom is -0.469 e.